The van der Waals surface area contributed by atoms with Gasteiger partial charge in [-0.15, -0.1) is 0 Å². The van der Waals surface area contributed by atoms with Crippen LogP contribution in [0.1, 0.15) is 53.4 Å². The fourth-order valence-electron chi connectivity index (χ4n) is 2.79. The van der Waals surface area contributed by atoms with Crippen LogP contribution in [0.2, 0.25) is 0 Å². The van der Waals surface area contributed by atoms with Crippen molar-refractivity contribution < 1.29 is 14.7 Å². The maximum absolute atomic E-state index is 12.6. The zero-order chi connectivity index (χ0) is 15.4. The molecule has 0 aromatic rings. The van der Waals surface area contributed by atoms with E-state index < -0.39 is 16.9 Å². The summed E-state index contributed by atoms with van der Waals surface area (Å²) in [6.45, 7) is 9.15. The average Bonchev–Trinajstić information content (AvgIpc) is 2.39. The van der Waals surface area contributed by atoms with Gasteiger partial charge in [0.15, 0.2) is 0 Å². The number of carbonyl (C=O) groups is 2. The zero-order valence-corrected chi connectivity index (χ0v) is 13.1. The number of rotatable bonds is 6. The first-order valence-electron chi connectivity index (χ1n) is 7.50. The van der Waals surface area contributed by atoms with E-state index in [1.165, 1.54) is 0 Å². The van der Waals surface area contributed by atoms with Crippen LogP contribution < -0.4 is 10.6 Å². The molecule has 20 heavy (non-hydrogen) atoms. The lowest BCUT2D eigenvalue weighted by Gasteiger charge is -2.38. The second-order valence-electron chi connectivity index (χ2n) is 6.61. The minimum Gasteiger partial charge on any atom is -0.480 e. The van der Waals surface area contributed by atoms with E-state index in [-0.39, 0.29) is 11.8 Å². The van der Waals surface area contributed by atoms with Gasteiger partial charge in [0, 0.05) is 5.41 Å². The summed E-state index contributed by atoms with van der Waals surface area (Å²) in [6.07, 6.45) is 3.22. The van der Waals surface area contributed by atoms with Crippen LogP contribution in [0.4, 0.5) is 0 Å². The lowest BCUT2D eigenvalue weighted by molar-refractivity contribution is -0.149. The molecule has 0 aliphatic carbocycles. The van der Waals surface area contributed by atoms with Crippen molar-refractivity contribution in [3.8, 4) is 0 Å². The summed E-state index contributed by atoms with van der Waals surface area (Å²) in [5.74, 6) is -0.884. The third kappa shape index (κ3) is 3.72. The quantitative estimate of drug-likeness (QED) is 0.694. The van der Waals surface area contributed by atoms with Crippen LogP contribution in [0.5, 0.6) is 0 Å². The van der Waals surface area contributed by atoms with E-state index in [4.69, 9.17) is 0 Å². The normalized spacial score (nSPS) is 22.9. The van der Waals surface area contributed by atoms with Gasteiger partial charge >= 0.3 is 5.97 Å². The van der Waals surface area contributed by atoms with Gasteiger partial charge in [0.1, 0.15) is 5.54 Å². The smallest absolute Gasteiger partial charge is 0.329 e. The van der Waals surface area contributed by atoms with Crippen LogP contribution in [0.25, 0.3) is 0 Å². The number of carboxylic acid groups (broad SMARTS) is 1. The summed E-state index contributed by atoms with van der Waals surface area (Å²) in [5.41, 5.74) is -1.73. The number of carboxylic acids is 1. The van der Waals surface area contributed by atoms with E-state index in [1.807, 2.05) is 20.8 Å². The van der Waals surface area contributed by atoms with Gasteiger partial charge in [-0.3, -0.25) is 4.79 Å². The molecule has 0 saturated carbocycles. The Labute approximate surface area is 121 Å². The molecule has 5 nitrogen and oxygen atoms in total. The first-order chi connectivity index (χ1) is 9.24. The van der Waals surface area contributed by atoms with E-state index in [9.17, 15) is 14.7 Å². The molecule has 2 atom stereocenters. The largest absolute Gasteiger partial charge is 0.480 e. The maximum Gasteiger partial charge on any atom is 0.329 e. The molecule has 1 rings (SSSR count). The molecule has 1 fully saturated rings. The Morgan fingerprint density at radius 1 is 1.35 bits per heavy atom. The SMILES string of the molecule is CCCC(C)(NC(=O)C(C)(C)C1CCCNC1)C(=O)O. The molecule has 1 aliphatic rings. The molecule has 116 valence electrons. The van der Waals surface area contributed by atoms with E-state index >= 15 is 0 Å². The summed E-state index contributed by atoms with van der Waals surface area (Å²) in [4.78, 5) is 24.0. The summed E-state index contributed by atoms with van der Waals surface area (Å²) in [7, 11) is 0. The molecule has 0 aromatic carbocycles. The highest BCUT2D eigenvalue weighted by Gasteiger charge is 2.42. The van der Waals surface area contributed by atoms with E-state index in [2.05, 4.69) is 10.6 Å². The maximum atomic E-state index is 12.6. The average molecular weight is 284 g/mol. The molecule has 1 aliphatic heterocycles. The van der Waals surface area contributed by atoms with Crippen molar-refractivity contribution in [3.63, 3.8) is 0 Å². The number of nitrogens with one attached hydrogen (secondary N) is 2. The molecular formula is C15H28N2O3. The highest BCUT2D eigenvalue weighted by molar-refractivity contribution is 5.89. The summed E-state index contributed by atoms with van der Waals surface area (Å²) in [6, 6.07) is 0. The van der Waals surface area contributed by atoms with Crippen LogP contribution in [-0.4, -0.2) is 35.6 Å². The standard InChI is InChI=1S/C15H28N2O3/c1-5-8-15(4,13(19)20)17-12(18)14(2,3)11-7-6-9-16-10-11/h11,16H,5-10H2,1-4H3,(H,17,18)(H,19,20). The second-order valence-corrected chi connectivity index (χ2v) is 6.61. The van der Waals surface area contributed by atoms with Crippen molar-refractivity contribution >= 4 is 11.9 Å². The first-order valence-corrected chi connectivity index (χ1v) is 7.50. The summed E-state index contributed by atoms with van der Waals surface area (Å²) < 4.78 is 0. The second kappa shape index (κ2) is 6.57. The van der Waals surface area contributed by atoms with Crippen LogP contribution >= 0.6 is 0 Å². The van der Waals surface area contributed by atoms with Crippen LogP contribution in [-0.2, 0) is 9.59 Å². The number of amides is 1. The Balaban J connectivity index is 2.79. The zero-order valence-electron chi connectivity index (χ0n) is 13.1. The lowest BCUT2D eigenvalue weighted by Crippen LogP contribution is -2.57. The van der Waals surface area contributed by atoms with Crippen LogP contribution in [0, 0.1) is 11.3 Å². The summed E-state index contributed by atoms with van der Waals surface area (Å²) in [5, 5.41) is 15.4. The Bertz CT molecular complexity index is 362. The van der Waals surface area contributed by atoms with E-state index in [0.29, 0.717) is 12.8 Å². The Morgan fingerprint density at radius 2 is 2.00 bits per heavy atom. The lowest BCUT2D eigenvalue weighted by atomic mass is 9.73. The Kier molecular flexibility index (Phi) is 5.57. The molecular weight excluding hydrogens is 256 g/mol. The number of carbonyl (C=O) groups excluding carboxylic acids is 1. The van der Waals surface area contributed by atoms with Gasteiger partial charge in [-0.1, -0.05) is 27.2 Å². The minimum atomic E-state index is -1.18. The molecule has 1 amide bonds. The van der Waals surface area contributed by atoms with Gasteiger partial charge in [-0.25, -0.2) is 4.79 Å². The van der Waals surface area contributed by atoms with Crippen molar-refractivity contribution in [2.75, 3.05) is 13.1 Å². The molecule has 2 unspecified atom stereocenters. The molecule has 3 N–H and O–H groups in total. The van der Waals surface area contributed by atoms with Crippen molar-refractivity contribution in [3.05, 3.63) is 0 Å². The monoisotopic (exact) mass is 284 g/mol. The predicted molar refractivity (Wildman–Crippen MR) is 78.5 cm³/mol. The molecule has 0 bridgehead atoms. The Morgan fingerprint density at radius 3 is 2.45 bits per heavy atom. The van der Waals surface area contributed by atoms with Gasteiger partial charge < -0.3 is 15.7 Å². The summed E-state index contributed by atoms with van der Waals surface area (Å²) >= 11 is 0. The van der Waals surface area contributed by atoms with Gasteiger partial charge in [-0.2, -0.15) is 0 Å². The predicted octanol–water partition coefficient (Wildman–Crippen LogP) is 1.77. The topological polar surface area (TPSA) is 78.4 Å². The van der Waals surface area contributed by atoms with Crippen molar-refractivity contribution in [2.45, 2.75) is 58.9 Å². The van der Waals surface area contributed by atoms with E-state index in [0.717, 1.165) is 25.9 Å². The highest BCUT2D eigenvalue weighted by atomic mass is 16.4. The third-order valence-electron chi connectivity index (χ3n) is 4.51. The van der Waals surface area contributed by atoms with Gasteiger partial charge in [0.2, 0.25) is 5.91 Å². The number of aliphatic carboxylic acids is 1. The number of hydrogen-bond acceptors (Lipinski definition) is 3. The third-order valence-corrected chi connectivity index (χ3v) is 4.51. The molecule has 0 spiro atoms. The highest BCUT2D eigenvalue weighted by Crippen LogP contribution is 2.32. The van der Waals surface area contributed by atoms with Crippen molar-refractivity contribution in [2.24, 2.45) is 11.3 Å². The van der Waals surface area contributed by atoms with Crippen LogP contribution in [0.3, 0.4) is 0 Å². The fourth-order valence-corrected chi connectivity index (χ4v) is 2.79. The number of hydrogen-bond donors (Lipinski definition) is 3. The molecule has 5 heteroatoms. The minimum absolute atomic E-state index is 0.162. The van der Waals surface area contributed by atoms with Gasteiger partial charge in [0.05, 0.1) is 0 Å². The Hall–Kier alpha value is -1.10. The van der Waals surface area contributed by atoms with Gasteiger partial charge in [0.25, 0.3) is 0 Å². The number of piperidine rings is 1. The molecule has 1 heterocycles. The molecule has 1 saturated heterocycles. The fraction of sp³-hybridized carbons (Fsp3) is 0.867. The van der Waals surface area contributed by atoms with Crippen molar-refractivity contribution in [1.82, 2.24) is 10.6 Å². The molecule has 0 aromatic heterocycles. The van der Waals surface area contributed by atoms with Crippen LogP contribution in [0.15, 0.2) is 0 Å². The van der Waals surface area contributed by atoms with E-state index in [1.54, 1.807) is 6.92 Å². The molecule has 0 radical (unpaired) electrons. The first kappa shape index (κ1) is 17.0. The van der Waals surface area contributed by atoms with Crippen molar-refractivity contribution in [1.29, 1.82) is 0 Å². The van der Waals surface area contributed by atoms with Gasteiger partial charge in [-0.05, 0) is 45.2 Å².